The van der Waals surface area contributed by atoms with Gasteiger partial charge in [-0.05, 0) is 26.0 Å². The number of Topliss-reactive ketones (excluding diaryl/α,β-unsaturated/α-hetero) is 1. The third-order valence-electron chi connectivity index (χ3n) is 5.72. The zero-order valence-corrected chi connectivity index (χ0v) is 17.2. The van der Waals surface area contributed by atoms with Crippen molar-refractivity contribution in [2.24, 2.45) is 0 Å². The Morgan fingerprint density at radius 2 is 1.63 bits per heavy atom. The van der Waals surface area contributed by atoms with Gasteiger partial charge in [-0.15, -0.1) is 0 Å². The Morgan fingerprint density at radius 1 is 1.03 bits per heavy atom. The molecular weight excluding hydrogens is 384 g/mol. The molecule has 2 heterocycles. The molecule has 0 saturated carbocycles. The van der Waals surface area contributed by atoms with Gasteiger partial charge in [-0.2, -0.15) is 0 Å². The Bertz CT molecular complexity index is 976. The largest absolute Gasteiger partial charge is 0.452 e. The summed E-state index contributed by atoms with van der Waals surface area (Å²) >= 11 is 0. The molecule has 2 aliphatic heterocycles. The summed E-state index contributed by atoms with van der Waals surface area (Å²) < 4.78 is 4.83. The SMILES string of the molecule is COC(=O)N1C(=O)[C@]2(C[C@H](C(=O)c3ccccc3)N(c3ccccc3)O2)CC1(C)C. The van der Waals surface area contributed by atoms with E-state index in [4.69, 9.17) is 9.57 Å². The second kappa shape index (κ2) is 7.25. The number of ketones is 1. The maximum atomic E-state index is 13.4. The molecule has 7 heteroatoms. The minimum atomic E-state index is -1.32. The smallest absolute Gasteiger partial charge is 0.416 e. The van der Waals surface area contributed by atoms with Crippen molar-refractivity contribution in [2.75, 3.05) is 12.2 Å². The lowest BCUT2D eigenvalue weighted by atomic mass is 9.86. The van der Waals surface area contributed by atoms with Crippen LogP contribution in [0.4, 0.5) is 10.5 Å². The topological polar surface area (TPSA) is 76.2 Å². The van der Waals surface area contributed by atoms with E-state index in [0.717, 1.165) is 4.90 Å². The maximum Gasteiger partial charge on any atom is 0.416 e. The Labute approximate surface area is 175 Å². The van der Waals surface area contributed by atoms with Crippen LogP contribution in [0.1, 0.15) is 37.0 Å². The number of carbonyl (C=O) groups excluding carboxylic acids is 3. The fraction of sp³-hybridized carbons (Fsp3) is 0.348. The fourth-order valence-electron chi connectivity index (χ4n) is 4.47. The van der Waals surface area contributed by atoms with E-state index in [9.17, 15) is 14.4 Å². The summed E-state index contributed by atoms with van der Waals surface area (Å²) in [7, 11) is 1.24. The van der Waals surface area contributed by atoms with Crippen molar-refractivity contribution in [3.05, 3.63) is 66.2 Å². The summed E-state index contributed by atoms with van der Waals surface area (Å²) in [5.41, 5.74) is -0.913. The molecule has 0 aromatic heterocycles. The highest BCUT2D eigenvalue weighted by molar-refractivity contribution is 6.05. The molecule has 2 amide bonds. The van der Waals surface area contributed by atoms with Crippen molar-refractivity contribution in [3.63, 3.8) is 0 Å². The normalized spacial score (nSPS) is 25.0. The second-order valence-corrected chi connectivity index (χ2v) is 8.30. The van der Waals surface area contributed by atoms with Gasteiger partial charge in [0.05, 0.1) is 18.3 Å². The molecule has 0 radical (unpaired) electrons. The van der Waals surface area contributed by atoms with Gasteiger partial charge in [-0.1, -0.05) is 48.5 Å². The lowest BCUT2D eigenvalue weighted by Gasteiger charge is -2.27. The molecule has 0 N–H and O–H groups in total. The van der Waals surface area contributed by atoms with E-state index in [1.54, 1.807) is 38.1 Å². The van der Waals surface area contributed by atoms with Crippen LogP contribution in [0.15, 0.2) is 60.7 Å². The van der Waals surface area contributed by atoms with E-state index >= 15 is 0 Å². The van der Waals surface area contributed by atoms with E-state index < -0.39 is 29.2 Å². The van der Waals surface area contributed by atoms with Gasteiger partial charge in [0, 0.05) is 18.4 Å². The van der Waals surface area contributed by atoms with Gasteiger partial charge in [-0.25, -0.2) is 14.8 Å². The summed E-state index contributed by atoms with van der Waals surface area (Å²) in [4.78, 5) is 46.4. The van der Waals surface area contributed by atoms with Crippen LogP contribution in [0.5, 0.6) is 0 Å². The van der Waals surface area contributed by atoms with Crippen molar-refractivity contribution in [1.29, 1.82) is 0 Å². The van der Waals surface area contributed by atoms with Crippen LogP contribution in [0.25, 0.3) is 0 Å². The molecule has 0 bridgehead atoms. The highest BCUT2D eigenvalue weighted by atomic mass is 16.7. The first-order valence-corrected chi connectivity index (χ1v) is 9.84. The van der Waals surface area contributed by atoms with E-state index in [0.29, 0.717) is 11.3 Å². The van der Waals surface area contributed by atoms with Crippen LogP contribution in [0.3, 0.4) is 0 Å². The number of amides is 2. The Kier molecular flexibility index (Phi) is 4.86. The van der Waals surface area contributed by atoms with Crippen molar-refractivity contribution in [2.45, 2.75) is 43.9 Å². The highest BCUT2D eigenvalue weighted by Gasteiger charge is 2.65. The first-order valence-electron chi connectivity index (χ1n) is 9.84. The molecule has 2 aromatic rings. The Hall–Kier alpha value is -3.19. The number of rotatable bonds is 3. The maximum absolute atomic E-state index is 13.4. The summed E-state index contributed by atoms with van der Waals surface area (Å²) in [5.74, 6) is -0.623. The lowest BCUT2D eigenvalue weighted by Crippen LogP contribution is -2.47. The highest BCUT2D eigenvalue weighted by Crippen LogP contribution is 2.48. The van der Waals surface area contributed by atoms with Crippen molar-refractivity contribution in [3.8, 4) is 0 Å². The van der Waals surface area contributed by atoms with E-state index in [1.165, 1.54) is 12.2 Å². The number of hydroxylamine groups is 1. The van der Waals surface area contributed by atoms with E-state index in [1.807, 2.05) is 36.4 Å². The molecule has 2 aromatic carbocycles. The number of nitrogens with zero attached hydrogens (tertiary/aromatic N) is 2. The van der Waals surface area contributed by atoms with Gasteiger partial charge in [0.1, 0.15) is 6.04 Å². The number of hydrogen-bond acceptors (Lipinski definition) is 6. The monoisotopic (exact) mass is 408 g/mol. The van der Waals surface area contributed by atoms with E-state index in [-0.39, 0.29) is 18.6 Å². The quantitative estimate of drug-likeness (QED) is 0.723. The average Bonchev–Trinajstić information content (AvgIpc) is 3.22. The number of imide groups is 1. The molecule has 2 saturated heterocycles. The van der Waals surface area contributed by atoms with Gasteiger partial charge >= 0.3 is 6.09 Å². The summed E-state index contributed by atoms with van der Waals surface area (Å²) in [6, 6.07) is 17.4. The average molecular weight is 408 g/mol. The number of carbonyl (C=O) groups is 3. The Morgan fingerprint density at radius 3 is 2.23 bits per heavy atom. The van der Waals surface area contributed by atoms with Crippen molar-refractivity contribution in [1.82, 2.24) is 4.90 Å². The molecule has 1 spiro atoms. The number of anilines is 1. The lowest BCUT2D eigenvalue weighted by molar-refractivity contribution is -0.144. The summed E-state index contributed by atoms with van der Waals surface area (Å²) in [6.07, 6.45) is -0.323. The standard InChI is InChI=1S/C23H24N2O5/c1-22(2)15-23(20(27)24(22)21(28)29-3)14-18(19(26)16-10-6-4-7-11-16)25(30-23)17-12-8-5-9-13-17/h4-13,18H,14-15H2,1-3H3/t18-,23+/m1/s1. The Balaban J connectivity index is 1.75. The van der Waals surface area contributed by atoms with E-state index in [2.05, 4.69) is 0 Å². The molecule has 2 atom stereocenters. The first-order chi connectivity index (χ1) is 14.3. The molecule has 0 aliphatic carbocycles. The molecule has 7 nitrogen and oxygen atoms in total. The summed E-state index contributed by atoms with van der Waals surface area (Å²) in [5, 5.41) is 1.52. The fourth-order valence-corrected chi connectivity index (χ4v) is 4.47. The number of para-hydroxylation sites is 1. The zero-order chi connectivity index (χ0) is 21.5. The predicted molar refractivity (Wildman–Crippen MR) is 110 cm³/mol. The molecule has 0 unspecified atom stereocenters. The number of likely N-dealkylation sites (tertiary alicyclic amines) is 1. The minimum Gasteiger partial charge on any atom is -0.452 e. The molecule has 2 fully saturated rings. The van der Waals surface area contributed by atoms with Gasteiger partial charge in [0.2, 0.25) is 0 Å². The van der Waals surface area contributed by atoms with Gasteiger partial charge in [0.25, 0.3) is 5.91 Å². The second-order valence-electron chi connectivity index (χ2n) is 8.30. The first kappa shape index (κ1) is 20.1. The summed E-state index contributed by atoms with van der Waals surface area (Å²) in [6.45, 7) is 3.58. The van der Waals surface area contributed by atoms with Crippen molar-refractivity contribution >= 4 is 23.5 Å². The van der Waals surface area contributed by atoms with Crippen LogP contribution in [-0.4, -0.2) is 47.0 Å². The third kappa shape index (κ3) is 3.15. The minimum absolute atomic E-state index is 0.140. The number of ether oxygens (including phenoxy) is 1. The van der Waals surface area contributed by atoms with Gasteiger partial charge in [-0.3, -0.25) is 14.4 Å². The number of benzene rings is 2. The third-order valence-corrected chi connectivity index (χ3v) is 5.72. The van der Waals surface area contributed by atoms with Gasteiger partial charge < -0.3 is 4.74 Å². The zero-order valence-electron chi connectivity index (χ0n) is 17.2. The van der Waals surface area contributed by atoms with Crippen LogP contribution in [0.2, 0.25) is 0 Å². The number of hydrogen-bond donors (Lipinski definition) is 0. The molecular formula is C23H24N2O5. The molecule has 156 valence electrons. The predicted octanol–water partition coefficient (Wildman–Crippen LogP) is 3.60. The van der Waals surface area contributed by atoms with Gasteiger partial charge in [0.15, 0.2) is 11.4 Å². The molecule has 4 rings (SSSR count). The van der Waals surface area contributed by atoms with Crippen LogP contribution in [0, 0.1) is 0 Å². The van der Waals surface area contributed by atoms with Crippen LogP contribution >= 0.6 is 0 Å². The molecule has 30 heavy (non-hydrogen) atoms. The molecule has 2 aliphatic rings. The van der Waals surface area contributed by atoms with Crippen molar-refractivity contribution < 1.29 is 24.0 Å². The number of methoxy groups -OCH3 is 1. The van der Waals surface area contributed by atoms with Crippen LogP contribution < -0.4 is 5.06 Å². The van der Waals surface area contributed by atoms with Crippen LogP contribution in [-0.2, 0) is 14.4 Å².